The highest BCUT2D eigenvalue weighted by atomic mass is 35.5. The van der Waals surface area contributed by atoms with Gasteiger partial charge in [0.15, 0.2) is 0 Å². The quantitative estimate of drug-likeness (QED) is 0.705. The molecule has 0 bridgehead atoms. The van der Waals surface area contributed by atoms with Crippen LogP contribution >= 0.6 is 23.2 Å². The largest absolute Gasteiger partial charge is 0.349 e. The van der Waals surface area contributed by atoms with E-state index >= 15 is 0 Å². The van der Waals surface area contributed by atoms with E-state index in [0.717, 1.165) is 5.69 Å². The second-order valence-electron chi connectivity index (χ2n) is 5.02. The van der Waals surface area contributed by atoms with E-state index in [2.05, 4.69) is 25.6 Å². The number of benzene rings is 1. The third-order valence-electron chi connectivity index (χ3n) is 3.22. The molecule has 1 aromatic carbocycles. The molecule has 0 radical (unpaired) electrons. The van der Waals surface area contributed by atoms with E-state index in [0.29, 0.717) is 28.2 Å². The van der Waals surface area contributed by atoms with Gasteiger partial charge in [0.1, 0.15) is 5.69 Å². The zero-order valence-electron chi connectivity index (χ0n) is 12.9. The highest BCUT2D eigenvalue weighted by molar-refractivity contribution is 6.35. The Bertz CT molecular complexity index is 889. The van der Waals surface area contributed by atoms with E-state index in [4.69, 9.17) is 23.2 Å². The minimum Gasteiger partial charge on any atom is -0.349 e. The van der Waals surface area contributed by atoms with Gasteiger partial charge in [-0.05, 0) is 36.4 Å². The molecule has 0 fully saturated rings. The fraction of sp³-hybridized carbons (Fsp3) is 0.0588. The van der Waals surface area contributed by atoms with Crippen LogP contribution in [-0.2, 0) is 6.54 Å². The molecule has 1 amide bonds. The molecule has 2 heterocycles. The van der Waals surface area contributed by atoms with Gasteiger partial charge in [0.25, 0.3) is 5.91 Å². The number of carbonyl (C=O) groups excluding carboxylic acids is 1. The molecule has 126 valence electrons. The Kier molecular flexibility index (Phi) is 5.42. The minimum atomic E-state index is -0.410. The van der Waals surface area contributed by atoms with Gasteiger partial charge < -0.3 is 10.6 Å². The number of aromatic nitrogens is 3. The zero-order chi connectivity index (χ0) is 17.6. The highest BCUT2D eigenvalue weighted by Crippen LogP contribution is 2.25. The Morgan fingerprint density at radius 2 is 1.92 bits per heavy atom. The molecule has 0 unspecified atom stereocenters. The smallest absolute Gasteiger partial charge is 0.274 e. The third-order valence-corrected chi connectivity index (χ3v) is 3.78. The lowest BCUT2D eigenvalue weighted by Gasteiger charge is -2.08. The van der Waals surface area contributed by atoms with Crippen molar-refractivity contribution >= 4 is 40.7 Å². The van der Waals surface area contributed by atoms with E-state index < -0.39 is 5.91 Å². The molecule has 3 rings (SSSR count). The van der Waals surface area contributed by atoms with Crippen LogP contribution in [0.3, 0.4) is 0 Å². The van der Waals surface area contributed by atoms with Crippen molar-refractivity contribution in [3.8, 4) is 0 Å². The summed E-state index contributed by atoms with van der Waals surface area (Å²) in [5.74, 6) is -0.0806. The summed E-state index contributed by atoms with van der Waals surface area (Å²) >= 11 is 12.0. The summed E-state index contributed by atoms with van der Waals surface area (Å²) in [4.78, 5) is 24.9. The van der Waals surface area contributed by atoms with E-state index in [-0.39, 0.29) is 5.69 Å². The Morgan fingerprint density at radius 3 is 2.72 bits per heavy atom. The molecule has 8 heteroatoms. The Hall–Kier alpha value is -2.70. The van der Waals surface area contributed by atoms with Crippen LogP contribution in [-0.4, -0.2) is 20.9 Å². The van der Waals surface area contributed by atoms with Crippen LogP contribution in [0.2, 0.25) is 10.0 Å². The number of nitrogens with one attached hydrogen (secondary N) is 2. The van der Waals surface area contributed by atoms with Crippen molar-refractivity contribution in [1.82, 2.24) is 15.0 Å². The number of halogens is 2. The number of carbonyl (C=O) groups is 1. The maximum Gasteiger partial charge on any atom is 0.274 e. The monoisotopic (exact) mass is 373 g/mol. The summed E-state index contributed by atoms with van der Waals surface area (Å²) in [6, 6.07) is 12.0. The maximum absolute atomic E-state index is 12.4. The molecule has 3 aromatic rings. The molecule has 0 aliphatic carbocycles. The van der Waals surface area contributed by atoms with E-state index in [1.54, 1.807) is 24.4 Å². The lowest BCUT2D eigenvalue weighted by molar-refractivity contribution is 0.102. The molecule has 0 atom stereocenters. The van der Waals surface area contributed by atoms with Gasteiger partial charge in [-0.3, -0.25) is 9.78 Å². The lowest BCUT2D eigenvalue weighted by atomic mass is 10.3. The topological polar surface area (TPSA) is 79.8 Å². The number of anilines is 2. The molecule has 0 aliphatic rings. The Balaban J connectivity index is 1.70. The number of hydrogen-bond acceptors (Lipinski definition) is 5. The Labute approximate surface area is 154 Å². The number of amides is 1. The second kappa shape index (κ2) is 7.92. The molecule has 2 aromatic heterocycles. The fourth-order valence-corrected chi connectivity index (χ4v) is 2.36. The fourth-order valence-electron chi connectivity index (χ4n) is 2.02. The van der Waals surface area contributed by atoms with E-state index in [9.17, 15) is 4.79 Å². The van der Waals surface area contributed by atoms with Gasteiger partial charge in [0.2, 0.25) is 5.95 Å². The predicted octanol–water partition coefficient (Wildman–Crippen LogP) is 4.04. The van der Waals surface area contributed by atoms with Crippen molar-refractivity contribution in [2.24, 2.45) is 0 Å². The van der Waals surface area contributed by atoms with Crippen LogP contribution in [0.5, 0.6) is 0 Å². The summed E-state index contributed by atoms with van der Waals surface area (Å²) in [5, 5.41) is 6.57. The zero-order valence-corrected chi connectivity index (χ0v) is 14.4. The van der Waals surface area contributed by atoms with Gasteiger partial charge in [-0.2, -0.15) is 0 Å². The molecular formula is C17H13Cl2N5O. The van der Waals surface area contributed by atoms with Gasteiger partial charge in [-0.1, -0.05) is 29.3 Å². The number of rotatable bonds is 5. The number of pyridine rings is 1. The molecule has 6 nitrogen and oxygen atoms in total. The maximum atomic E-state index is 12.4. The van der Waals surface area contributed by atoms with Crippen LogP contribution in [0.25, 0.3) is 0 Å². The van der Waals surface area contributed by atoms with Crippen LogP contribution in [0.1, 0.15) is 16.2 Å². The van der Waals surface area contributed by atoms with Gasteiger partial charge in [0, 0.05) is 17.4 Å². The van der Waals surface area contributed by atoms with Crippen LogP contribution < -0.4 is 10.6 Å². The third kappa shape index (κ3) is 4.65. The van der Waals surface area contributed by atoms with Crippen molar-refractivity contribution < 1.29 is 4.79 Å². The molecule has 0 saturated heterocycles. The first kappa shape index (κ1) is 17.1. The summed E-state index contributed by atoms with van der Waals surface area (Å²) in [7, 11) is 0. The molecule has 0 aliphatic heterocycles. The summed E-state index contributed by atoms with van der Waals surface area (Å²) < 4.78 is 0. The summed E-state index contributed by atoms with van der Waals surface area (Å²) in [6.45, 7) is 0.450. The second-order valence-corrected chi connectivity index (χ2v) is 5.86. The molecular weight excluding hydrogens is 361 g/mol. The van der Waals surface area contributed by atoms with Crippen molar-refractivity contribution in [2.75, 3.05) is 10.6 Å². The number of nitrogens with zero attached hydrogens (tertiary/aromatic N) is 3. The molecule has 2 N–H and O–H groups in total. The van der Waals surface area contributed by atoms with Gasteiger partial charge in [-0.25, -0.2) is 9.97 Å². The minimum absolute atomic E-state index is 0.203. The van der Waals surface area contributed by atoms with Crippen LogP contribution in [0.15, 0.2) is 54.9 Å². The predicted molar refractivity (Wildman–Crippen MR) is 98.0 cm³/mol. The molecule has 0 spiro atoms. The lowest BCUT2D eigenvalue weighted by Crippen LogP contribution is -2.15. The highest BCUT2D eigenvalue weighted by Gasteiger charge is 2.11. The van der Waals surface area contributed by atoms with Crippen LogP contribution in [0.4, 0.5) is 11.6 Å². The first-order valence-corrected chi connectivity index (χ1v) is 8.10. The van der Waals surface area contributed by atoms with E-state index in [1.807, 2.05) is 18.2 Å². The molecule has 25 heavy (non-hydrogen) atoms. The van der Waals surface area contributed by atoms with Gasteiger partial charge in [-0.15, -0.1) is 0 Å². The summed E-state index contributed by atoms with van der Waals surface area (Å²) in [6.07, 6.45) is 3.21. The van der Waals surface area contributed by atoms with Crippen molar-refractivity contribution in [3.63, 3.8) is 0 Å². The Morgan fingerprint density at radius 1 is 1.04 bits per heavy atom. The van der Waals surface area contributed by atoms with Crippen molar-refractivity contribution in [2.45, 2.75) is 6.54 Å². The van der Waals surface area contributed by atoms with Gasteiger partial charge >= 0.3 is 0 Å². The van der Waals surface area contributed by atoms with Crippen molar-refractivity contribution in [3.05, 3.63) is 76.3 Å². The van der Waals surface area contributed by atoms with Gasteiger partial charge in [0.05, 0.1) is 22.9 Å². The SMILES string of the molecule is O=C(Nc1cc(Cl)ccc1Cl)c1ccnc(NCc2ccccn2)n1. The average molecular weight is 374 g/mol. The van der Waals surface area contributed by atoms with E-state index in [1.165, 1.54) is 12.3 Å². The first-order chi connectivity index (χ1) is 12.1. The standard InChI is InChI=1S/C17H13Cl2N5O/c18-11-4-5-13(19)15(9-11)23-16(25)14-6-8-21-17(24-14)22-10-12-3-1-2-7-20-12/h1-9H,10H2,(H,23,25)(H,21,22,24). The average Bonchev–Trinajstić information content (AvgIpc) is 2.64. The van der Waals surface area contributed by atoms with Crippen LogP contribution in [0, 0.1) is 0 Å². The summed E-state index contributed by atoms with van der Waals surface area (Å²) in [5.41, 5.74) is 1.46. The van der Waals surface area contributed by atoms with Crippen molar-refractivity contribution in [1.29, 1.82) is 0 Å². The number of hydrogen-bond donors (Lipinski definition) is 2. The molecule has 0 saturated carbocycles. The normalized spacial score (nSPS) is 10.3. The first-order valence-electron chi connectivity index (χ1n) is 7.35.